The number of benzene rings is 1. The minimum Gasteiger partial charge on any atom is -0.381 e. The van der Waals surface area contributed by atoms with Gasteiger partial charge in [0.2, 0.25) is 5.91 Å². The highest BCUT2D eigenvalue weighted by molar-refractivity contribution is 6.31. The van der Waals surface area contributed by atoms with Crippen LogP contribution in [-0.2, 0) is 4.79 Å². The third-order valence-electron chi connectivity index (χ3n) is 4.02. The van der Waals surface area contributed by atoms with Crippen LogP contribution in [0, 0.1) is 5.92 Å². The molecule has 2 aliphatic rings. The van der Waals surface area contributed by atoms with Crippen molar-refractivity contribution in [2.24, 2.45) is 11.7 Å². The van der Waals surface area contributed by atoms with Crippen LogP contribution in [0.15, 0.2) is 18.2 Å². The minimum atomic E-state index is 0.0257. The topological polar surface area (TPSA) is 67.2 Å². The Morgan fingerprint density at radius 2 is 2.00 bits per heavy atom. The minimum absolute atomic E-state index is 0.0257. The highest BCUT2D eigenvalue weighted by atomic mass is 35.5. The van der Waals surface area contributed by atoms with Crippen molar-refractivity contribution in [2.45, 2.75) is 44.2 Å². The number of rotatable bonds is 4. The monoisotopic (exact) mass is 293 g/mol. The van der Waals surface area contributed by atoms with Crippen molar-refractivity contribution in [3.8, 4) is 0 Å². The first-order valence-electron chi connectivity index (χ1n) is 7.24. The second kappa shape index (κ2) is 5.62. The molecule has 3 rings (SSSR count). The summed E-state index contributed by atoms with van der Waals surface area (Å²) in [5.41, 5.74) is 7.60. The zero-order chi connectivity index (χ0) is 14.1. The molecule has 0 heterocycles. The second-order valence-electron chi connectivity index (χ2n) is 5.87. The summed E-state index contributed by atoms with van der Waals surface area (Å²) in [6.07, 6.45) is 4.96. The van der Waals surface area contributed by atoms with Crippen molar-refractivity contribution in [3.63, 3.8) is 0 Å². The first-order chi connectivity index (χ1) is 9.61. The van der Waals surface area contributed by atoms with Crippen LogP contribution >= 0.6 is 11.6 Å². The van der Waals surface area contributed by atoms with Crippen LogP contribution in [0.1, 0.15) is 32.1 Å². The lowest BCUT2D eigenvalue weighted by Gasteiger charge is -2.15. The van der Waals surface area contributed by atoms with Gasteiger partial charge in [0.25, 0.3) is 0 Å². The molecule has 4 N–H and O–H groups in total. The average molecular weight is 294 g/mol. The third-order valence-corrected chi connectivity index (χ3v) is 4.26. The maximum Gasteiger partial charge on any atom is 0.227 e. The zero-order valence-electron chi connectivity index (χ0n) is 11.4. The molecule has 108 valence electrons. The number of halogens is 1. The van der Waals surface area contributed by atoms with Crippen LogP contribution < -0.4 is 16.4 Å². The molecule has 1 aromatic rings. The summed E-state index contributed by atoms with van der Waals surface area (Å²) >= 11 is 6.04. The number of amides is 1. The summed E-state index contributed by atoms with van der Waals surface area (Å²) in [5, 5.41) is 7.05. The van der Waals surface area contributed by atoms with E-state index in [1.54, 1.807) is 6.07 Å². The predicted molar refractivity (Wildman–Crippen MR) is 82.0 cm³/mol. The van der Waals surface area contributed by atoms with Crippen molar-refractivity contribution in [2.75, 3.05) is 10.6 Å². The van der Waals surface area contributed by atoms with Crippen LogP contribution in [0.3, 0.4) is 0 Å². The fourth-order valence-electron chi connectivity index (χ4n) is 2.68. The summed E-state index contributed by atoms with van der Waals surface area (Å²) in [4.78, 5) is 12.3. The number of hydrogen-bond donors (Lipinski definition) is 3. The number of hydrogen-bond acceptors (Lipinski definition) is 3. The fourth-order valence-corrected chi connectivity index (χ4v) is 2.85. The molecule has 2 fully saturated rings. The molecule has 2 unspecified atom stereocenters. The molecule has 0 bridgehead atoms. The SMILES string of the molecule is NC1CCC(C(=O)Nc2cc(Cl)ccc2NC2CC2)C1. The predicted octanol–water partition coefficient (Wildman–Crippen LogP) is 2.98. The molecule has 1 amide bonds. The smallest absolute Gasteiger partial charge is 0.227 e. The molecular weight excluding hydrogens is 274 g/mol. The highest BCUT2D eigenvalue weighted by Crippen LogP contribution is 2.33. The second-order valence-corrected chi connectivity index (χ2v) is 6.30. The summed E-state index contributed by atoms with van der Waals surface area (Å²) in [7, 11) is 0. The number of carbonyl (C=O) groups is 1. The van der Waals surface area contributed by atoms with Crippen LogP contribution in [0.5, 0.6) is 0 Å². The molecule has 5 heteroatoms. The molecule has 20 heavy (non-hydrogen) atoms. The van der Waals surface area contributed by atoms with E-state index in [1.807, 2.05) is 12.1 Å². The van der Waals surface area contributed by atoms with E-state index in [-0.39, 0.29) is 17.9 Å². The molecule has 1 aromatic carbocycles. The van der Waals surface area contributed by atoms with E-state index >= 15 is 0 Å². The lowest BCUT2D eigenvalue weighted by Crippen LogP contribution is -2.23. The Hall–Kier alpha value is -1.26. The summed E-state index contributed by atoms with van der Waals surface area (Å²) in [6.45, 7) is 0. The molecular formula is C15H20ClN3O. The maximum atomic E-state index is 12.3. The van der Waals surface area contributed by atoms with Crippen LogP contribution in [0.25, 0.3) is 0 Å². The lowest BCUT2D eigenvalue weighted by molar-refractivity contribution is -0.119. The van der Waals surface area contributed by atoms with Gasteiger partial charge in [0.15, 0.2) is 0 Å². The Morgan fingerprint density at radius 1 is 1.20 bits per heavy atom. The van der Waals surface area contributed by atoms with E-state index in [2.05, 4.69) is 10.6 Å². The Morgan fingerprint density at radius 3 is 2.65 bits per heavy atom. The van der Waals surface area contributed by atoms with Crippen molar-refractivity contribution in [1.29, 1.82) is 0 Å². The normalized spacial score (nSPS) is 25.5. The Kier molecular flexibility index (Phi) is 3.85. The molecule has 0 spiro atoms. The van der Waals surface area contributed by atoms with Gasteiger partial charge in [-0.2, -0.15) is 0 Å². The molecule has 0 aromatic heterocycles. The Bertz CT molecular complexity index is 516. The van der Waals surface area contributed by atoms with Crippen LogP contribution in [0.2, 0.25) is 5.02 Å². The summed E-state index contributed by atoms with van der Waals surface area (Å²) in [6, 6.07) is 6.27. The first-order valence-corrected chi connectivity index (χ1v) is 7.62. The van der Waals surface area contributed by atoms with Gasteiger partial charge in [-0.3, -0.25) is 4.79 Å². The average Bonchev–Trinajstić information content (AvgIpc) is 3.12. The van der Waals surface area contributed by atoms with E-state index in [1.165, 1.54) is 12.8 Å². The van der Waals surface area contributed by atoms with E-state index < -0.39 is 0 Å². The number of nitrogens with two attached hydrogens (primary N) is 1. The summed E-state index contributed by atoms with van der Waals surface area (Å²) in [5.74, 6) is 0.0804. The van der Waals surface area contributed by atoms with Gasteiger partial charge in [-0.15, -0.1) is 0 Å². The summed E-state index contributed by atoms with van der Waals surface area (Å²) < 4.78 is 0. The molecule has 0 radical (unpaired) electrons. The number of anilines is 2. The molecule has 0 saturated heterocycles. The fraction of sp³-hybridized carbons (Fsp3) is 0.533. The van der Waals surface area contributed by atoms with E-state index in [0.717, 1.165) is 30.6 Å². The number of nitrogens with one attached hydrogen (secondary N) is 2. The van der Waals surface area contributed by atoms with Gasteiger partial charge < -0.3 is 16.4 Å². The van der Waals surface area contributed by atoms with Gasteiger partial charge in [-0.1, -0.05) is 11.6 Å². The van der Waals surface area contributed by atoms with Gasteiger partial charge >= 0.3 is 0 Å². The quantitative estimate of drug-likeness (QED) is 0.799. The third kappa shape index (κ3) is 3.25. The van der Waals surface area contributed by atoms with E-state index in [4.69, 9.17) is 17.3 Å². The standard InChI is InChI=1S/C15H20ClN3O/c16-10-2-6-13(18-12-4-5-12)14(8-10)19-15(20)9-1-3-11(17)7-9/h2,6,8-9,11-12,18H,1,3-5,7,17H2,(H,19,20). The molecule has 4 nitrogen and oxygen atoms in total. The van der Waals surface area contributed by atoms with Crippen molar-refractivity contribution in [1.82, 2.24) is 0 Å². The van der Waals surface area contributed by atoms with Gasteiger partial charge in [-0.05, 0) is 50.3 Å². The van der Waals surface area contributed by atoms with Gasteiger partial charge in [0.05, 0.1) is 11.4 Å². The molecule has 2 atom stereocenters. The van der Waals surface area contributed by atoms with Crippen molar-refractivity contribution in [3.05, 3.63) is 23.2 Å². The molecule has 2 aliphatic carbocycles. The first kappa shape index (κ1) is 13.7. The van der Waals surface area contributed by atoms with Gasteiger partial charge in [-0.25, -0.2) is 0 Å². The van der Waals surface area contributed by atoms with Crippen molar-refractivity contribution < 1.29 is 4.79 Å². The lowest BCUT2D eigenvalue weighted by atomic mass is 10.1. The molecule has 0 aliphatic heterocycles. The largest absolute Gasteiger partial charge is 0.381 e. The zero-order valence-corrected chi connectivity index (χ0v) is 12.1. The highest BCUT2D eigenvalue weighted by Gasteiger charge is 2.28. The van der Waals surface area contributed by atoms with Crippen LogP contribution in [0.4, 0.5) is 11.4 Å². The van der Waals surface area contributed by atoms with Crippen molar-refractivity contribution >= 4 is 28.9 Å². The van der Waals surface area contributed by atoms with Crippen LogP contribution in [-0.4, -0.2) is 18.0 Å². The van der Waals surface area contributed by atoms with E-state index in [9.17, 15) is 4.79 Å². The maximum absolute atomic E-state index is 12.3. The number of carbonyl (C=O) groups excluding carboxylic acids is 1. The van der Waals surface area contributed by atoms with Gasteiger partial charge in [0.1, 0.15) is 0 Å². The molecule has 2 saturated carbocycles. The Balaban J connectivity index is 1.71. The Labute approximate surface area is 124 Å². The van der Waals surface area contributed by atoms with Gasteiger partial charge in [0, 0.05) is 23.0 Å². The van der Waals surface area contributed by atoms with E-state index in [0.29, 0.717) is 11.1 Å².